The van der Waals surface area contributed by atoms with E-state index in [1.807, 2.05) is 6.92 Å². The molecule has 102 valence electrons. The van der Waals surface area contributed by atoms with Crippen molar-refractivity contribution in [2.24, 2.45) is 0 Å². The number of H-pyrrole nitrogens is 1. The fraction of sp³-hybridized carbons (Fsp3) is 0.0769. The van der Waals surface area contributed by atoms with Crippen LogP contribution in [-0.4, -0.2) is 23.4 Å². The molecule has 0 unspecified atom stereocenters. The lowest BCUT2D eigenvalue weighted by molar-refractivity contribution is 0.601. The number of rotatable bonds is 3. The molecule has 0 aliphatic rings. The van der Waals surface area contributed by atoms with E-state index in [-0.39, 0.29) is 4.90 Å². The van der Waals surface area contributed by atoms with Gasteiger partial charge in [-0.25, -0.2) is 18.4 Å². The van der Waals surface area contributed by atoms with Crippen molar-refractivity contribution in [3.05, 3.63) is 48.4 Å². The van der Waals surface area contributed by atoms with Crippen molar-refractivity contribution in [3.63, 3.8) is 0 Å². The summed E-state index contributed by atoms with van der Waals surface area (Å²) in [6.07, 6.45) is 2.95. The fourth-order valence-electron chi connectivity index (χ4n) is 1.82. The molecule has 7 heteroatoms. The molecule has 2 heterocycles. The maximum absolute atomic E-state index is 12.2. The molecule has 0 radical (unpaired) electrons. The minimum atomic E-state index is -3.61. The molecule has 0 amide bonds. The van der Waals surface area contributed by atoms with Gasteiger partial charge in [0.1, 0.15) is 0 Å². The SMILES string of the molecule is Cc1ccc(S(=O)(=O)Nc2cnc3nc[nH]c3c2)cc1. The summed E-state index contributed by atoms with van der Waals surface area (Å²) in [4.78, 5) is 11.1. The summed E-state index contributed by atoms with van der Waals surface area (Å²) >= 11 is 0. The van der Waals surface area contributed by atoms with E-state index in [1.54, 1.807) is 30.3 Å². The summed E-state index contributed by atoms with van der Waals surface area (Å²) in [6, 6.07) is 8.30. The van der Waals surface area contributed by atoms with E-state index in [1.165, 1.54) is 12.5 Å². The molecule has 0 saturated carbocycles. The van der Waals surface area contributed by atoms with Crippen molar-refractivity contribution in [1.82, 2.24) is 15.0 Å². The number of aryl methyl sites for hydroxylation is 1. The van der Waals surface area contributed by atoms with Gasteiger partial charge in [-0.3, -0.25) is 4.72 Å². The van der Waals surface area contributed by atoms with E-state index in [0.717, 1.165) is 5.56 Å². The number of fused-ring (bicyclic) bond motifs is 1. The van der Waals surface area contributed by atoms with Crippen LogP contribution in [0, 0.1) is 6.92 Å². The molecular weight excluding hydrogens is 276 g/mol. The van der Waals surface area contributed by atoms with E-state index in [9.17, 15) is 8.42 Å². The average molecular weight is 288 g/mol. The molecule has 20 heavy (non-hydrogen) atoms. The Labute approximate surface area is 115 Å². The Morgan fingerprint density at radius 2 is 1.90 bits per heavy atom. The number of nitrogens with zero attached hydrogens (tertiary/aromatic N) is 2. The van der Waals surface area contributed by atoms with Crippen molar-refractivity contribution in [2.45, 2.75) is 11.8 Å². The number of aromatic nitrogens is 3. The van der Waals surface area contributed by atoms with Gasteiger partial charge < -0.3 is 4.98 Å². The number of imidazole rings is 1. The summed E-state index contributed by atoms with van der Waals surface area (Å²) in [5.74, 6) is 0. The Hall–Kier alpha value is -2.41. The highest BCUT2D eigenvalue weighted by Gasteiger charge is 2.14. The van der Waals surface area contributed by atoms with Gasteiger partial charge in [-0.1, -0.05) is 17.7 Å². The third-order valence-corrected chi connectivity index (χ3v) is 4.25. The van der Waals surface area contributed by atoms with Crippen LogP contribution in [-0.2, 0) is 10.0 Å². The van der Waals surface area contributed by atoms with Crippen LogP contribution in [0.3, 0.4) is 0 Å². The number of pyridine rings is 1. The number of hydrogen-bond donors (Lipinski definition) is 2. The average Bonchev–Trinajstić information content (AvgIpc) is 2.86. The summed E-state index contributed by atoms with van der Waals surface area (Å²) in [6.45, 7) is 1.90. The van der Waals surface area contributed by atoms with E-state index >= 15 is 0 Å². The first-order chi connectivity index (χ1) is 9.54. The molecule has 0 saturated heterocycles. The molecule has 0 fully saturated rings. The number of aromatic amines is 1. The van der Waals surface area contributed by atoms with Gasteiger partial charge >= 0.3 is 0 Å². The molecule has 0 aliphatic heterocycles. The van der Waals surface area contributed by atoms with Crippen molar-refractivity contribution >= 4 is 26.9 Å². The minimum Gasteiger partial charge on any atom is -0.343 e. The highest BCUT2D eigenvalue weighted by molar-refractivity contribution is 7.92. The normalized spacial score (nSPS) is 11.7. The minimum absolute atomic E-state index is 0.216. The zero-order valence-corrected chi connectivity index (χ0v) is 11.5. The standard InChI is InChI=1S/C13H12N4O2S/c1-9-2-4-11(5-3-9)20(18,19)17-10-6-12-13(14-7-10)16-8-15-12/h2-8,17H,1H3,(H,14,15,16). The fourth-order valence-corrected chi connectivity index (χ4v) is 2.85. The zero-order valence-electron chi connectivity index (χ0n) is 10.7. The van der Waals surface area contributed by atoms with Crippen molar-refractivity contribution in [2.75, 3.05) is 4.72 Å². The van der Waals surface area contributed by atoms with Gasteiger partial charge in [0.15, 0.2) is 5.65 Å². The smallest absolute Gasteiger partial charge is 0.261 e. The van der Waals surface area contributed by atoms with E-state index in [0.29, 0.717) is 16.9 Å². The van der Waals surface area contributed by atoms with Crippen molar-refractivity contribution in [1.29, 1.82) is 0 Å². The van der Waals surface area contributed by atoms with E-state index < -0.39 is 10.0 Å². The lowest BCUT2D eigenvalue weighted by Crippen LogP contribution is -2.13. The molecule has 3 aromatic rings. The predicted molar refractivity (Wildman–Crippen MR) is 75.9 cm³/mol. The summed E-state index contributed by atoms with van der Waals surface area (Å²) in [5, 5.41) is 0. The van der Waals surface area contributed by atoms with Gasteiger partial charge in [0.05, 0.1) is 28.6 Å². The Balaban J connectivity index is 1.94. The van der Waals surface area contributed by atoms with Crippen LogP contribution in [0.5, 0.6) is 0 Å². The van der Waals surface area contributed by atoms with Gasteiger partial charge in [0, 0.05) is 0 Å². The topological polar surface area (TPSA) is 87.7 Å². The maximum Gasteiger partial charge on any atom is 0.261 e. The van der Waals surface area contributed by atoms with Crippen LogP contribution in [0.15, 0.2) is 47.8 Å². The predicted octanol–water partition coefficient (Wildman–Crippen LogP) is 2.07. The van der Waals surface area contributed by atoms with Crippen LogP contribution in [0.25, 0.3) is 11.2 Å². The third-order valence-electron chi connectivity index (χ3n) is 2.86. The highest BCUT2D eigenvalue weighted by atomic mass is 32.2. The molecule has 0 aliphatic carbocycles. The number of anilines is 1. The molecule has 2 aromatic heterocycles. The first kappa shape index (κ1) is 12.6. The second kappa shape index (κ2) is 4.61. The van der Waals surface area contributed by atoms with Gasteiger partial charge in [-0.05, 0) is 25.1 Å². The second-order valence-electron chi connectivity index (χ2n) is 4.42. The zero-order chi connectivity index (χ0) is 14.2. The van der Waals surface area contributed by atoms with Gasteiger partial charge in [0.2, 0.25) is 0 Å². The summed E-state index contributed by atoms with van der Waals surface area (Å²) in [7, 11) is -3.61. The van der Waals surface area contributed by atoms with Crippen molar-refractivity contribution in [3.8, 4) is 0 Å². The molecular formula is C13H12N4O2S. The van der Waals surface area contributed by atoms with Crippen LogP contribution in [0.4, 0.5) is 5.69 Å². The number of benzene rings is 1. The van der Waals surface area contributed by atoms with Gasteiger partial charge in [-0.2, -0.15) is 0 Å². The molecule has 6 nitrogen and oxygen atoms in total. The first-order valence-corrected chi connectivity index (χ1v) is 7.41. The monoisotopic (exact) mass is 288 g/mol. The van der Waals surface area contributed by atoms with Crippen molar-refractivity contribution < 1.29 is 8.42 Å². The summed E-state index contributed by atoms with van der Waals surface area (Å²) < 4.78 is 26.9. The van der Waals surface area contributed by atoms with Crippen LogP contribution in [0.2, 0.25) is 0 Å². The van der Waals surface area contributed by atoms with E-state index in [2.05, 4.69) is 19.7 Å². The summed E-state index contributed by atoms with van der Waals surface area (Å²) in [5.41, 5.74) is 2.62. The van der Waals surface area contributed by atoms with Crippen LogP contribution in [0.1, 0.15) is 5.56 Å². The Bertz CT molecular complexity index is 853. The lowest BCUT2D eigenvalue weighted by Gasteiger charge is -2.07. The molecule has 2 N–H and O–H groups in total. The third kappa shape index (κ3) is 2.35. The van der Waals surface area contributed by atoms with Gasteiger partial charge in [0.25, 0.3) is 10.0 Å². The number of nitrogens with one attached hydrogen (secondary N) is 2. The second-order valence-corrected chi connectivity index (χ2v) is 6.10. The Kier molecular flexibility index (Phi) is 2.90. The van der Waals surface area contributed by atoms with Gasteiger partial charge in [-0.15, -0.1) is 0 Å². The number of hydrogen-bond acceptors (Lipinski definition) is 4. The molecule has 1 aromatic carbocycles. The number of sulfonamides is 1. The lowest BCUT2D eigenvalue weighted by atomic mass is 10.2. The quantitative estimate of drug-likeness (QED) is 0.772. The Morgan fingerprint density at radius 1 is 1.15 bits per heavy atom. The molecule has 0 atom stereocenters. The van der Waals surface area contributed by atoms with Crippen LogP contribution < -0.4 is 4.72 Å². The maximum atomic E-state index is 12.2. The molecule has 3 rings (SSSR count). The Morgan fingerprint density at radius 3 is 2.65 bits per heavy atom. The molecule has 0 spiro atoms. The van der Waals surface area contributed by atoms with Crippen LogP contribution >= 0.6 is 0 Å². The largest absolute Gasteiger partial charge is 0.343 e. The van der Waals surface area contributed by atoms with E-state index in [4.69, 9.17) is 0 Å². The first-order valence-electron chi connectivity index (χ1n) is 5.93. The molecule has 0 bridgehead atoms. The highest BCUT2D eigenvalue weighted by Crippen LogP contribution is 2.18.